The van der Waals surface area contributed by atoms with Gasteiger partial charge in [-0.1, -0.05) is 42.5 Å². The third-order valence-electron chi connectivity index (χ3n) is 4.88. The molecule has 0 saturated carbocycles. The van der Waals surface area contributed by atoms with Crippen LogP contribution in [0.4, 0.5) is 11.4 Å². The van der Waals surface area contributed by atoms with E-state index in [1.807, 2.05) is 60.7 Å². The summed E-state index contributed by atoms with van der Waals surface area (Å²) >= 11 is 0. The molecule has 4 nitrogen and oxygen atoms in total. The second-order valence-corrected chi connectivity index (χ2v) is 6.60. The van der Waals surface area contributed by atoms with Crippen LogP contribution >= 0.6 is 0 Å². The summed E-state index contributed by atoms with van der Waals surface area (Å²) in [5, 5.41) is 4.95. The molecule has 130 valence electrons. The zero-order chi connectivity index (χ0) is 18.1. The van der Waals surface area contributed by atoms with E-state index in [2.05, 4.69) is 5.32 Å². The highest BCUT2D eigenvalue weighted by atomic mass is 16.2. The average molecular weight is 344 g/mol. The molecule has 0 fully saturated rings. The Bertz CT molecular complexity index is 1000. The van der Waals surface area contributed by atoms with Crippen molar-refractivity contribution in [2.75, 3.05) is 16.8 Å². The Balaban J connectivity index is 1.66. The summed E-state index contributed by atoms with van der Waals surface area (Å²) < 4.78 is 0. The molecular formula is C22H20N2O2. The fourth-order valence-electron chi connectivity index (χ4n) is 3.60. The van der Waals surface area contributed by atoms with Gasteiger partial charge in [0.1, 0.15) is 0 Å². The lowest BCUT2D eigenvalue weighted by atomic mass is 10.0. The largest absolute Gasteiger partial charge is 0.322 e. The number of amides is 2. The molecule has 0 spiro atoms. The first kappa shape index (κ1) is 16.3. The number of hydrogen-bond donors (Lipinski definition) is 1. The molecule has 1 heterocycles. The van der Waals surface area contributed by atoms with Gasteiger partial charge in [-0.3, -0.25) is 9.59 Å². The molecule has 26 heavy (non-hydrogen) atoms. The van der Waals surface area contributed by atoms with Crippen LogP contribution in [0, 0.1) is 0 Å². The molecule has 0 bridgehead atoms. The Kier molecular flexibility index (Phi) is 4.17. The minimum atomic E-state index is -0.146. The maximum absolute atomic E-state index is 12.8. The summed E-state index contributed by atoms with van der Waals surface area (Å²) in [5.41, 5.74) is 3.40. The first-order valence-electron chi connectivity index (χ1n) is 8.83. The van der Waals surface area contributed by atoms with E-state index in [4.69, 9.17) is 0 Å². The Morgan fingerprint density at radius 1 is 1.00 bits per heavy atom. The molecule has 4 heteroatoms. The number of hydrogen-bond acceptors (Lipinski definition) is 2. The Labute approximate surface area is 152 Å². The topological polar surface area (TPSA) is 49.4 Å². The van der Waals surface area contributed by atoms with Gasteiger partial charge in [-0.25, -0.2) is 0 Å². The number of nitrogens with zero attached hydrogens (tertiary/aromatic N) is 1. The summed E-state index contributed by atoms with van der Waals surface area (Å²) in [6.07, 6.45) is 1.92. The standard InChI is InChI=1S/C22H20N2O2/c1-15(25)24-13-5-8-17-11-12-18(14-21(17)24)23-22(26)20-10-4-7-16-6-2-3-9-19(16)20/h2-4,6-7,9-12,14H,5,8,13H2,1H3,(H,23,26). The molecule has 0 unspecified atom stereocenters. The summed E-state index contributed by atoms with van der Waals surface area (Å²) in [4.78, 5) is 26.5. The van der Waals surface area contributed by atoms with E-state index in [1.165, 1.54) is 0 Å². The maximum atomic E-state index is 12.8. The van der Waals surface area contributed by atoms with Crippen LogP contribution in [0.3, 0.4) is 0 Å². The molecule has 1 aliphatic rings. The zero-order valence-corrected chi connectivity index (χ0v) is 14.7. The van der Waals surface area contributed by atoms with Crippen molar-refractivity contribution in [3.05, 3.63) is 71.8 Å². The third-order valence-corrected chi connectivity index (χ3v) is 4.88. The van der Waals surface area contributed by atoms with Crippen LogP contribution in [-0.2, 0) is 11.2 Å². The van der Waals surface area contributed by atoms with E-state index in [0.717, 1.165) is 41.4 Å². The molecule has 3 aromatic carbocycles. The zero-order valence-electron chi connectivity index (χ0n) is 14.7. The molecule has 2 amide bonds. The number of aryl methyl sites for hydroxylation is 1. The van der Waals surface area contributed by atoms with Gasteiger partial charge in [-0.05, 0) is 47.4 Å². The van der Waals surface area contributed by atoms with Gasteiger partial charge in [-0.15, -0.1) is 0 Å². The van der Waals surface area contributed by atoms with Crippen LogP contribution in [0.2, 0.25) is 0 Å². The van der Waals surface area contributed by atoms with Crippen LogP contribution < -0.4 is 10.2 Å². The van der Waals surface area contributed by atoms with Gasteiger partial charge < -0.3 is 10.2 Å². The van der Waals surface area contributed by atoms with Crippen molar-refractivity contribution in [3.63, 3.8) is 0 Å². The smallest absolute Gasteiger partial charge is 0.256 e. The second-order valence-electron chi connectivity index (χ2n) is 6.60. The van der Waals surface area contributed by atoms with Gasteiger partial charge in [-0.2, -0.15) is 0 Å². The van der Waals surface area contributed by atoms with Gasteiger partial charge in [0.2, 0.25) is 5.91 Å². The minimum absolute atomic E-state index is 0.0310. The van der Waals surface area contributed by atoms with Gasteiger partial charge >= 0.3 is 0 Å². The molecule has 1 N–H and O–H groups in total. The highest BCUT2D eigenvalue weighted by molar-refractivity contribution is 6.13. The van der Waals surface area contributed by atoms with Crippen LogP contribution in [0.15, 0.2) is 60.7 Å². The number of anilines is 2. The number of carbonyl (C=O) groups excluding carboxylic acids is 2. The maximum Gasteiger partial charge on any atom is 0.256 e. The Hall–Kier alpha value is -3.14. The van der Waals surface area contributed by atoms with Crippen LogP contribution in [0.1, 0.15) is 29.3 Å². The van der Waals surface area contributed by atoms with E-state index in [9.17, 15) is 9.59 Å². The molecule has 0 aliphatic carbocycles. The summed E-state index contributed by atoms with van der Waals surface area (Å²) in [7, 11) is 0. The van der Waals surface area contributed by atoms with Crippen molar-refractivity contribution in [2.45, 2.75) is 19.8 Å². The first-order chi connectivity index (χ1) is 12.6. The molecule has 3 aromatic rings. The monoisotopic (exact) mass is 344 g/mol. The lowest BCUT2D eigenvalue weighted by molar-refractivity contribution is -0.116. The number of carbonyl (C=O) groups is 2. The van der Waals surface area contributed by atoms with Crippen molar-refractivity contribution in [2.24, 2.45) is 0 Å². The highest BCUT2D eigenvalue weighted by Crippen LogP contribution is 2.30. The van der Waals surface area contributed by atoms with E-state index >= 15 is 0 Å². The van der Waals surface area contributed by atoms with Gasteiger partial charge in [0.15, 0.2) is 0 Å². The average Bonchev–Trinajstić information content (AvgIpc) is 2.66. The molecule has 0 saturated heterocycles. The highest BCUT2D eigenvalue weighted by Gasteiger charge is 2.20. The Morgan fingerprint density at radius 3 is 2.65 bits per heavy atom. The lowest BCUT2D eigenvalue weighted by Crippen LogP contribution is -2.33. The predicted octanol–water partition coefficient (Wildman–Crippen LogP) is 4.39. The molecule has 0 radical (unpaired) electrons. The molecule has 0 atom stereocenters. The number of fused-ring (bicyclic) bond motifs is 2. The van der Waals surface area contributed by atoms with Crippen molar-refractivity contribution < 1.29 is 9.59 Å². The number of rotatable bonds is 2. The predicted molar refractivity (Wildman–Crippen MR) is 105 cm³/mol. The van der Waals surface area contributed by atoms with E-state index < -0.39 is 0 Å². The van der Waals surface area contributed by atoms with Gasteiger partial charge in [0.05, 0.1) is 0 Å². The number of benzene rings is 3. The summed E-state index contributed by atoms with van der Waals surface area (Å²) in [5.74, 6) is -0.115. The minimum Gasteiger partial charge on any atom is -0.322 e. The van der Waals surface area contributed by atoms with Crippen molar-refractivity contribution >= 4 is 34.0 Å². The quantitative estimate of drug-likeness (QED) is 0.749. The molecule has 0 aromatic heterocycles. The van der Waals surface area contributed by atoms with Gasteiger partial charge in [0, 0.05) is 30.4 Å². The second kappa shape index (κ2) is 6.64. The van der Waals surface area contributed by atoms with E-state index in [1.54, 1.807) is 11.8 Å². The van der Waals surface area contributed by atoms with Crippen LogP contribution in [0.25, 0.3) is 10.8 Å². The molecule has 4 rings (SSSR count). The fraction of sp³-hybridized carbons (Fsp3) is 0.182. The fourth-order valence-corrected chi connectivity index (χ4v) is 3.60. The molecule has 1 aliphatic heterocycles. The summed E-state index contributed by atoms with van der Waals surface area (Å²) in [6, 6.07) is 19.4. The van der Waals surface area contributed by atoms with E-state index in [-0.39, 0.29) is 11.8 Å². The third kappa shape index (κ3) is 2.94. The Morgan fingerprint density at radius 2 is 1.81 bits per heavy atom. The van der Waals surface area contributed by atoms with Crippen molar-refractivity contribution in [3.8, 4) is 0 Å². The van der Waals surface area contributed by atoms with Crippen LogP contribution in [0.5, 0.6) is 0 Å². The lowest BCUT2D eigenvalue weighted by Gasteiger charge is -2.29. The summed E-state index contributed by atoms with van der Waals surface area (Å²) in [6.45, 7) is 2.31. The molecular weight excluding hydrogens is 324 g/mol. The van der Waals surface area contributed by atoms with Crippen LogP contribution in [-0.4, -0.2) is 18.4 Å². The first-order valence-corrected chi connectivity index (χ1v) is 8.83. The SMILES string of the molecule is CC(=O)N1CCCc2ccc(NC(=O)c3cccc4ccccc34)cc21. The van der Waals surface area contributed by atoms with Gasteiger partial charge in [0.25, 0.3) is 5.91 Å². The van der Waals surface area contributed by atoms with Crippen molar-refractivity contribution in [1.29, 1.82) is 0 Å². The van der Waals surface area contributed by atoms with E-state index in [0.29, 0.717) is 11.3 Å². The van der Waals surface area contributed by atoms with Crippen molar-refractivity contribution in [1.82, 2.24) is 0 Å². The normalized spacial score (nSPS) is 13.3. The number of nitrogens with one attached hydrogen (secondary N) is 1.